The molecule has 3 atom stereocenters. The number of benzene rings is 1. The predicted octanol–water partition coefficient (Wildman–Crippen LogP) is 5.12. The van der Waals surface area contributed by atoms with E-state index in [0.29, 0.717) is 12.3 Å². The van der Waals surface area contributed by atoms with Crippen LogP contribution in [0.5, 0.6) is 5.75 Å². The zero-order valence-corrected chi connectivity index (χ0v) is 20.0. The van der Waals surface area contributed by atoms with Crippen molar-refractivity contribution in [3.63, 3.8) is 0 Å². The number of carbonyl (C=O) groups is 2. The van der Waals surface area contributed by atoms with Crippen LogP contribution in [0.4, 0.5) is 4.79 Å². The van der Waals surface area contributed by atoms with Gasteiger partial charge in [-0.1, -0.05) is 12.1 Å². The van der Waals surface area contributed by atoms with Crippen LogP contribution in [0.2, 0.25) is 0 Å². The van der Waals surface area contributed by atoms with Crippen LogP contribution in [-0.2, 0) is 15.3 Å². The molecule has 0 saturated carbocycles. The van der Waals surface area contributed by atoms with Gasteiger partial charge in [-0.05, 0) is 51.6 Å². The summed E-state index contributed by atoms with van der Waals surface area (Å²) in [6.07, 6.45) is 3.28. The largest absolute Gasteiger partial charge is 0.524 e. The predicted molar refractivity (Wildman–Crippen MR) is 122 cm³/mol. The van der Waals surface area contributed by atoms with Crippen molar-refractivity contribution in [1.29, 1.82) is 0 Å². The maximum absolute atomic E-state index is 13.6. The molecular formula is C22H34NO4S2+. The Morgan fingerprint density at radius 2 is 1.90 bits per heavy atom. The second-order valence-corrected chi connectivity index (χ2v) is 10.6. The van der Waals surface area contributed by atoms with E-state index in [1.807, 2.05) is 58.2 Å². The molecule has 1 fully saturated rings. The summed E-state index contributed by atoms with van der Waals surface area (Å²) in [6.45, 7) is 8.09. The van der Waals surface area contributed by atoms with E-state index in [-0.39, 0.29) is 21.7 Å². The minimum Gasteiger partial charge on any atom is -0.497 e. The molecule has 0 spiro atoms. The van der Waals surface area contributed by atoms with Gasteiger partial charge >= 0.3 is 12.0 Å². The molecule has 1 aliphatic heterocycles. The molecule has 1 saturated heterocycles. The van der Waals surface area contributed by atoms with Gasteiger partial charge in [-0.15, -0.1) is 11.8 Å². The second kappa shape index (κ2) is 10.2. The van der Waals surface area contributed by atoms with Gasteiger partial charge in [0.1, 0.15) is 22.6 Å². The average molecular weight is 441 g/mol. The number of thioether (sulfide) groups is 2. The van der Waals surface area contributed by atoms with Gasteiger partial charge in [-0.2, -0.15) is 21.0 Å². The Labute approximate surface area is 183 Å². The summed E-state index contributed by atoms with van der Waals surface area (Å²) in [5, 5.41) is -0.244. The topological polar surface area (TPSA) is 52.6 Å². The highest BCUT2D eigenvalue weighted by molar-refractivity contribution is 8.03. The maximum atomic E-state index is 13.6. The van der Waals surface area contributed by atoms with E-state index >= 15 is 0 Å². The van der Waals surface area contributed by atoms with Crippen LogP contribution >= 0.6 is 23.5 Å². The lowest BCUT2D eigenvalue weighted by Gasteiger charge is -2.36. The van der Waals surface area contributed by atoms with Gasteiger partial charge in [0.05, 0.1) is 13.7 Å². The molecule has 1 aromatic carbocycles. The Morgan fingerprint density at radius 3 is 2.38 bits per heavy atom. The third-order valence-corrected chi connectivity index (χ3v) is 7.51. The van der Waals surface area contributed by atoms with E-state index in [2.05, 4.69) is 0 Å². The SMILES string of the molecule is COc1ccc(CSCC(SC)C(=O)[N+]2(C(=O)OC(C)(C)C)CCC[C@H]2C)cc1. The van der Waals surface area contributed by atoms with Gasteiger partial charge in [0.25, 0.3) is 0 Å². The number of imide groups is 1. The minimum absolute atomic E-state index is 0.0148. The van der Waals surface area contributed by atoms with Crippen molar-refractivity contribution in [3.05, 3.63) is 29.8 Å². The van der Waals surface area contributed by atoms with Crippen LogP contribution in [0.1, 0.15) is 46.1 Å². The number of likely N-dealkylation sites (tertiary alicyclic amines) is 1. The molecule has 0 N–H and O–H groups in total. The van der Waals surface area contributed by atoms with Crippen molar-refractivity contribution in [2.45, 2.75) is 63.2 Å². The Hall–Kier alpha value is -1.18. The van der Waals surface area contributed by atoms with Crippen LogP contribution < -0.4 is 4.74 Å². The fourth-order valence-electron chi connectivity index (χ4n) is 3.61. The van der Waals surface area contributed by atoms with Crippen molar-refractivity contribution in [1.82, 2.24) is 0 Å². The van der Waals surface area contributed by atoms with Gasteiger partial charge in [0, 0.05) is 24.3 Å². The van der Waals surface area contributed by atoms with Gasteiger partial charge in [-0.25, -0.2) is 4.79 Å². The number of hydrogen-bond acceptors (Lipinski definition) is 6. The zero-order valence-electron chi connectivity index (χ0n) is 18.4. The molecule has 0 bridgehead atoms. The molecule has 1 heterocycles. The molecule has 7 heteroatoms. The molecular weight excluding hydrogens is 406 g/mol. The van der Waals surface area contributed by atoms with E-state index < -0.39 is 11.7 Å². The summed E-state index contributed by atoms with van der Waals surface area (Å²) in [7, 11) is 1.65. The summed E-state index contributed by atoms with van der Waals surface area (Å²) in [5.74, 6) is 2.31. The second-order valence-electron chi connectivity index (χ2n) is 8.49. The van der Waals surface area contributed by atoms with Crippen molar-refractivity contribution in [3.8, 4) is 5.75 Å². The van der Waals surface area contributed by atoms with Gasteiger partial charge < -0.3 is 9.47 Å². The maximum Gasteiger partial charge on any atom is 0.524 e. The Kier molecular flexibility index (Phi) is 8.49. The molecule has 0 radical (unpaired) electrons. The number of methoxy groups -OCH3 is 1. The average Bonchev–Trinajstić information content (AvgIpc) is 3.06. The third kappa shape index (κ3) is 5.92. The zero-order chi connectivity index (χ0) is 21.7. The van der Waals surface area contributed by atoms with Crippen LogP contribution in [0.3, 0.4) is 0 Å². The summed E-state index contributed by atoms with van der Waals surface area (Å²) < 4.78 is 10.7. The van der Waals surface area contributed by atoms with Crippen LogP contribution in [0.15, 0.2) is 24.3 Å². The fraction of sp³-hybridized carbons (Fsp3) is 0.636. The smallest absolute Gasteiger partial charge is 0.497 e. The normalized spacial score (nSPS) is 22.9. The fourth-order valence-corrected chi connectivity index (χ4v) is 5.74. The summed E-state index contributed by atoms with van der Waals surface area (Å²) in [5.41, 5.74) is 0.580. The lowest BCUT2D eigenvalue weighted by atomic mass is 10.2. The van der Waals surface area contributed by atoms with Crippen molar-refractivity contribution in [2.24, 2.45) is 0 Å². The van der Waals surface area contributed by atoms with E-state index in [4.69, 9.17) is 9.47 Å². The number of quaternary nitrogens is 1. The van der Waals surface area contributed by atoms with Gasteiger partial charge in [0.15, 0.2) is 0 Å². The molecule has 162 valence electrons. The molecule has 1 aliphatic rings. The Morgan fingerprint density at radius 1 is 1.24 bits per heavy atom. The standard InChI is InChI=1S/C22H34NO4S2/c1-16-8-7-13-23(16,21(25)27-22(2,3)4)20(24)19(28-6)15-29-14-17-9-11-18(26-5)12-10-17/h9-12,16,19H,7-8,13-15H2,1-6H3/q+1/t16-,19?,23?/m1/s1. The number of rotatable bonds is 7. The number of ether oxygens (including phenoxy) is 2. The number of hydrogen-bond donors (Lipinski definition) is 0. The minimum atomic E-state index is -0.608. The molecule has 2 amide bonds. The lowest BCUT2D eigenvalue weighted by molar-refractivity contribution is -0.793. The molecule has 0 aromatic heterocycles. The first-order valence-electron chi connectivity index (χ1n) is 10.0. The Balaban J connectivity index is 2.08. The summed E-state index contributed by atoms with van der Waals surface area (Å²) in [4.78, 5) is 26.7. The van der Waals surface area contributed by atoms with Crippen molar-refractivity contribution < 1.29 is 23.5 Å². The first kappa shape index (κ1) is 24.1. The third-order valence-electron chi connectivity index (χ3n) is 5.25. The van der Waals surface area contributed by atoms with E-state index in [0.717, 1.165) is 24.3 Å². The molecule has 2 unspecified atom stereocenters. The molecule has 0 aliphatic carbocycles. The highest BCUT2D eigenvalue weighted by atomic mass is 32.2. The van der Waals surface area contributed by atoms with Gasteiger partial charge in [0.2, 0.25) is 0 Å². The van der Waals surface area contributed by atoms with E-state index in [9.17, 15) is 9.59 Å². The Bertz CT molecular complexity index is 702. The number of carbonyl (C=O) groups excluding carboxylic acids is 2. The highest BCUT2D eigenvalue weighted by Gasteiger charge is 2.56. The van der Waals surface area contributed by atoms with Crippen LogP contribution in [0.25, 0.3) is 0 Å². The van der Waals surface area contributed by atoms with E-state index in [1.54, 1.807) is 18.9 Å². The highest BCUT2D eigenvalue weighted by Crippen LogP contribution is 2.34. The monoisotopic (exact) mass is 440 g/mol. The lowest BCUT2D eigenvalue weighted by Crippen LogP contribution is -2.63. The van der Waals surface area contributed by atoms with Crippen LogP contribution in [0, 0.1) is 0 Å². The summed E-state index contributed by atoms with van der Waals surface area (Å²) in [6, 6.07) is 7.93. The molecule has 5 nitrogen and oxygen atoms in total. The molecule has 2 rings (SSSR count). The quantitative estimate of drug-likeness (QED) is 0.549. The molecule has 1 aromatic rings. The summed E-state index contributed by atoms with van der Waals surface area (Å²) >= 11 is 3.25. The van der Waals surface area contributed by atoms with Gasteiger partial charge in [-0.3, -0.25) is 0 Å². The first-order valence-corrected chi connectivity index (χ1v) is 12.5. The van der Waals surface area contributed by atoms with Crippen molar-refractivity contribution >= 4 is 35.5 Å². The number of amides is 2. The number of nitrogens with zero attached hydrogens (tertiary/aromatic N) is 1. The van der Waals surface area contributed by atoms with Crippen LogP contribution in [-0.4, -0.2) is 59.0 Å². The van der Waals surface area contributed by atoms with Crippen molar-refractivity contribution in [2.75, 3.05) is 25.7 Å². The first-order chi connectivity index (χ1) is 13.6. The molecule has 29 heavy (non-hydrogen) atoms. The van der Waals surface area contributed by atoms with E-state index in [1.165, 1.54) is 17.3 Å².